The second-order valence-corrected chi connectivity index (χ2v) is 5.61. The van der Waals surface area contributed by atoms with Crippen molar-refractivity contribution in [2.75, 3.05) is 5.75 Å². The van der Waals surface area contributed by atoms with E-state index in [0.717, 1.165) is 12.1 Å². The molecule has 0 N–H and O–H groups in total. The Morgan fingerprint density at radius 1 is 1.29 bits per heavy atom. The minimum absolute atomic E-state index is 0.258. The van der Waals surface area contributed by atoms with Gasteiger partial charge in [-0.05, 0) is 19.9 Å². The summed E-state index contributed by atoms with van der Waals surface area (Å²) in [6.45, 7) is 3.21. The molecule has 1 aromatic carbocycles. The first-order valence-corrected chi connectivity index (χ1v) is 7.05. The molecule has 0 spiro atoms. The van der Waals surface area contributed by atoms with E-state index in [-0.39, 0.29) is 4.90 Å². The van der Waals surface area contributed by atoms with Crippen LogP contribution >= 0.6 is 0 Å². The van der Waals surface area contributed by atoms with E-state index in [1.807, 2.05) is 0 Å². The van der Waals surface area contributed by atoms with Crippen molar-refractivity contribution in [3.05, 3.63) is 38.4 Å². The molecule has 0 aromatic heterocycles. The fourth-order valence-electron chi connectivity index (χ4n) is 1.44. The molecule has 1 unspecified atom stereocenters. The Morgan fingerprint density at radius 3 is 2.38 bits per heavy atom. The van der Waals surface area contributed by atoms with Crippen LogP contribution in [-0.4, -0.2) is 31.9 Å². The van der Waals surface area contributed by atoms with Crippen molar-refractivity contribution >= 4 is 28.1 Å². The number of nitrogens with zero attached hydrogens (tertiary/aromatic N) is 2. The molecule has 0 bridgehead atoms. The molecule has 0 saturated carbocycles. The summed E-state index contributed by atoms with van der Waals surface area (Å²) < 4.78 is 16.8. The summed E-state index contributed by atoms with van der Waals surface area (Å²) in [5.41, 5.74) is -1.16. The van der Waals surface area contributed by atoms with E-state index in [9.17, 15) is 29.2 Å². The number of nitro groups is 2. The smallest absolute Gasteiger partial charge is 0.319 e. The Bertz CT molecular complexity index is 615. The van der Waals surface area contributed by atoms with E-state index in [2.05, 4.69) is 0 Å². The maximum atomic E-state index is 12.0. The lowest BCUT2D eigenvalue weighted by molar-refractivity contribution is -0.396. The highest BCUT2D eigenvalue weighted by molar-refractivity contribution is 7.85. The number of benzene rings is 1. The Kier molecular flexibility index (Phi) is 5.47. The van der Waals surface area contributed by atoms with Gasteiger partial charge in [-0.2, -0.15) is 0 Å². The summed E-state index contributed by atoms with van der Waals surface area (Å²) in [5, 5.41) is 21.5. The number of rotatable bonds is 6. The minimum Gasteiger partial charge on any atom is -0.462 e. The fraction of sp³-hybridized carbons (Fsp3) is 0.364. The maximum Gasteiger partial charge on any atom is 0.319 e. The second-order valence-electron chi connectivity index (χ2n) is 4.19. The molecule has 9 nitrogen and oxygen atoms in total. The van der Waals surface area contributed by atoms with Crippen molar-refractivity contribution in [1.29, 1.82) is 0 Å². The van der Waals surface area contributed by atoms with Gasteiger partial charge in [-0.25, -0.2) is 0 Å². The van der Waals surface area contributed by atoms with E-state index in [4.69, 9.17) is 4.74 Å². The highest BCUT2D eigenvalue weighted by Crippen LogP contribution is 2.27. The summed E-state index contributed by atoms with van der Waals surface area (Å²) in [6, 6.07) is 2.71. The summed E-state index contributed by atoms with van der Waals surface area (Å²) >= 11 is 0. The molecule has 1 atom stereocenters. The third-order valence-corrected chi connectivity index (χ3v) is 3.55. The SMILES string of the molecule is CC(C)OC(=O)CS(=O)c1ccc([N+](=O)[O-])cc1[N+](=O)[O-]. The molecule has 0 amide bonds. The van der Waals surface area contributed by atoms with E-state index >= 15 is 0 Å². The van der Waals surface area contributed by atoms with Crippen LogP contribution in [-0.2, 0) is 20.3 Å². The Balaban J connectivity index is 3.06. The van der Waals surface area contributed by atoms with Gasteiger partial charge in [-0.1, -0.05) is 0 Å². The van der Waals surface area contributed by atoms with Crippen molar-refractivity contribution in [2.45, 2.75) is 24.8 Å². The molecule has 1 aromatic rings. The summed E-state index contributed by atoms with van der Waals surface area (Å²) in [6.07, 6.45) is -0.402. The standard InChI is InChI=1S/C11H12N2O7S/c1-7(2)20-11(14)6-21(19)10-4-3-8(12(15)16)5-9(10)13(17)18/h3-5,7H,6H2,1-2H3. The third-order valence-electron chi connectivity index (χ3n) is 2.21. The maximum absolute atomic E-state index is 12.0. The number of esters is 1. The normalized spacial score (nSPS) is 12.0. The molecule has 0 saturated heterocycles. The van der Waals surface area contributed by atoms with Crippen LogP contribution in [0, 0.1) is 20.2 Å². The molecular formula is C11H12N2O7S. The number of hydrogen-bond acceptors (Lipinski definition) is 7. The first kappa shape index (κ1) is 16.7. The lowest BCUT2D eigenvalue weighted by Crippen LogP contribution is -2.18. The highest BCUT2D eigenvalue weighted by Gasteiger charge is 2.25. The molecule has 21 heavy (non-hydrogen) atoms. The van der Waals surface area contributed by atoms with Crippen LogP contribution < -0.4 is 0 Å². The summed E-state index contributed by atoms with van der Waals surface area (Å²) in [4.78, 5) is 30.9. The summed E-state index contributed by atoms with van der Waals surface area (Å²) in [7, 11) is -2.02. The minimum atomic E-state index is -2.02. The van der Waals surface area contributed by atoms with Gasteiger partial charge < -0.3 is 4.74 Å². The van der Waals surface area contributed by atoms with Crippen LogP contribution in [0.3, 0.4) is 0 Å². The molecule has 0 radical (unpaired) electrons. The number of ether oxygens (including phenoxy) is 1. The van der Waals surface area contributed by atoms with Crippen LogP contribution in [0.5, 0.6) is 0 Å². The third kappa shape index (κ3) is 4.60. The highest BCUT2D eigenvalue weighted by atomic mass is 32.2. The number of nitro benzene ring substituents is 2. The molecule has 0 heterocycles. The number of carbonyl (C=O) groups is 1. The van der Waals surface area contributed by atoms with Gasteiger partial charge in [0.15, 0.2) is 0 Å². The van der Waals surface area contributed by atoms with Crippen molar-refractivity contribution in [2.24, 2.45) is 0 Å². The molecule has 0 aliphatic rings. The largest absolute Gasteiger partial charge is 0.462 e. The topological polar surface area (TPSA) is 130 Å². The van der Waals surface area contributed by atoms with Crippen LogP contribution in [0.1, 0.15) is 13.8 Å². The van der Waals surface area contributed by atoms with E-state index < -0.39 is 49.8 Å². The molecule has 0 fully saturated rings. The van der Waals surface area contributed by atoms with Crippen molar-refractivity contribution < 1.29 is 23.6 Å². The van der Waals surface area contributed by atoms with Crippen molar-refractivity contribution in [1.82, 2.24) is 0 Å². The predicted octanol–water partition coefficient (Wildman–Crippen LogP) is 1.56. The zero-order chi connectivity index (χ0) is 16.2. The van der Waals surface area contributed by atoms with Crippen LogP contribution in [0.25, 0.3) is 0 Å². The van der Waals surface area contributed by atoms with Crippen LogP contribution in [0.2, 0.25) is 0 Å². The van der Waals surface area contributed by atoms with E-state index in [1.54, 1.807) is 13.8 Å². The monoisotopic (exact) mass is 316 g/mol. The molecule has 114 valence electrons. The molecular weight excluding hydrogens is 304 g/mol. The Morgan fingerprint density at radius 2 is 1.90 bits per heavy atom. The lowest BCUT2D eigenvalue weighted by Gasteiger charge is -2.07. The fourth-order valence-corrected chi connectivity index (χ4v) is 2.46. The average Bonchev–Trinajstić information content (AvgIpc) is 2.36. The van der Waals surface area contributed by atoms with Gasteiger partial charge in [0, 0.05) is 6.07 Å². The lowest BCUT2D eigenvalue weighted by atomic mass is 10.3. The quantitative estimate of drug-likeness (QED) is 0.442. The molecule has 10 heteroatoms. The second kappa shape index (κ2) is 6.88. The van der Waals surface area contributed by atoms with E-state index in [0.29, 0.717) is 6.07 Å². The molecule has 0 aliphatic heterocycles. The number of non-ortho nitro benzene ring substituents is 1. The van der Waals surface area contributed by atoms with Crippen molar-refractivity contribution in [3.8, 4) is 0 Å². The van der Waals surface area contributed by atoms with Gasteiger partial charge in [0.25, 0.3) is 11.4 Å². The zero-order valence-corrected chi connectivity index (χ0v) is 12.0. The van der Waals surface area contributed by atoms with Gasteiger partial charge in [0.2, 0.25) is 0 Å². The Labute approximate surface area is 121 Å². The van der Waals surface area contributed by atoms with Gasteiger partial charge >= 0.3 is 5.97 Å². The van der Waals surface area contributed by atoms with Gasteiger partial charge in [0.05, 0.1) is 32.8 Å². The Hall–Kier alpha value is -2.36. The summed E-state index contributed by atoms with van der Waals surface area (Å²) in [5.74, 6) is -1.33. The first-order valence-electron chi connectivity index (χ1n) is 5.73. The van der Waals surface area contributed by atoms with Crippen molar-refractivity contribution in [3.63, 3.8) is 0 Å². The first-order chi connectivity index (χ1) is 9.72. The van der Waals surface area contributed by atoms with Crippen LogP contribution in [0.4, 0.5) is 11.4 Å². The molecule has 1 rings (SSSR count). The van der Waals surface area contributed by atoms with Gasteiger partial charge in [0.1, 0.15) is 10.6 Å². The van der Waals surface area contributed by atoms with Gasteiger partial charge in [-0.3, -0.25) is 29.2 Å². The zero-order valence-electron chi connectivity index (χ0n) is 11.2. The number of hydrogen-bond donors (Lipinski definition) is 0. The number of carbonyl (C=O) groups excluding carboxylic acids is 1. The average molecular weight is 316 g/mol. The van der Waals surface area contributed by atoms with Crippen LogP contribution in [0.15, 0.2) is 23.1 Å². The predicted molar refractivity (Wildman–Crippen MR) is 72.3 cm³/mol. The van der Waals surface area contributed by atoms with E-state index in [1.165, 1.54) is 0 Å². The molecule has 0 aliphatic carbocycles. The van der Waals surface area contributed by atoms with Gasteiger partial charge in [-0.15, -0.1) is 0 Å².